The average Bonchev–Trinajstić information content (AvgIpc) is 2.79. The quantitative estimate of drug-likeness (QED) is 0.902. The van der Waals surface area contributed by atoms with Crippen molar-refractivity contribution in [3.05, 3.63) is 52.6 Å². The molecule has 1 heterocycles. The highest BCUT2D eigenvalue weighted by Gasteiger charge is 2.06. The maximum atomic E-state index is 9.08. The number of aliphatic hydroxyl groups is 1. The summed E-state index contributed by atoms with van der Waals surface area (Å²) in [6.07, 6.45) is 3.41. The number of halogens is 1. The molecule has 0 spiro atoms. The third-order valence-electron chi connectivity index (χ3n) is 2.47. The van der Waals surface area contributed by atoms with E-state index >= 15 is 0 Å². The van der Waals surface area contributed by atoms with E-state index in [4.69, 9.17) is 22.0 Å². The topological polar surface area (TPSA) is 61.8 Å². The van der Waals surface area contributed by atoms with Gasteiger partial charge in [0.2, 0.25) is 0 Å². The van der Waals surface area contributed by atoms with Crippen LogP contribution in [-0.4, -0.2) is 14.7 Å². The lowest BCUT2D eigenvalue weighted by molar-refractivity contribution is 0.266. The number of benzene rings is 1. The van der Waals surface area contributed by atoms with E-state index in [1.54, 1.807) is 24.5 Å². The van der Waals surface area contributed by atoms with Crippen LogP contribution in [0.15, 0.2) is 30.6 Å². The summed E-state index contributed by atoms with van der Waals surface area (Å²) in [6, 6.07) is 7.19. The molecule has 0 saturated carbocycles. The molecule has 4 nitrogen and oxygen atoms in total. The highest BCUT2D eigenvalue weighted by molar-refractivity contribution is 6.31. The predicted octanol–water partition coefficient (Wildman–Crippen LogP) is 1.95. The van der Waals surface area contributed by atoms with Gasteiger partial charge in [-0.05, 0) is 17.7 Å². The maximum absolute atomic E-state index is 9.08. The highest BCUT2D eigenvalue weighted by Crippen LogP contribution is 2.19. The molecular weight excluding hydrogens is 238 g/mol. The van der Waals surface area contributed by atoms with Crippen molar-refractivity contribution in [2.45, 2.75) is 13.2 Å². The predicted molar refractivity (Wildman–Crippen MR) is 63.4 cm³/mol. The Morgan fingerprint density at radius 2 is 2.29 bits per heavy atom. The minimum absolute atomic E-state index is 0.110. The molecule has 1 aromatic heterocycles. The zero-order valence-corrected chi connectivity index (χ0v) is 9.72. The van der Waals surface area contributed by atoms with Crippen LogP contribution in [0.4, 0.5) is 0 Å². The van der Waals surface area contributed by atoms with Gasteiger partial charge in [0.25, 0.3) is 0 Å². The van der Waals surface area contributed by atoms with Crippen LogP contribution in [0, 0.1) is 11.3 Å². The first-order chi connectivity index (χ1) is 8.24. The second-order valence-electron chi connectivity index (χ2n) is 3.55. The van der Waals surface area contributed by atoms with E-state index in [-0.39, 0.29) is 6.61 Å². The van der Waals surface area contributed by atoms with Crippen LogP contribution >= 0.6 is 11.6 Å². The van der Waals surface area contributed by atoms with Crippen molar-refractivity contribution in [3.8, 4) is 6.07 Å². The monoisotopic (exact) mass is 247 g/mol. The molecule has 2 rings (SSSR count). The van der Waals surface area contributed by atoms with Crippen molar-refractivity contribution in [1.29, 1.82) is 5.26 Å². The van der Waals surface area contributed by atoms with Crippen molar-refractivity contribution >= 4 is 11.6 Å². The molecule has 0 radical (unpaired) electrons. The number of hydrogen-bond acceptors (Lipinski definition) is 3. The number of nitriles is 1. The van der Waals surface area contributed by atoms with Crippen LogP contribution in [0.5, 0.6) is 0 Å². The van der Waals surface area contributed by atoms with Crippen molar-refractivity contribution < 1.29 is 5.11 Å². The standard InChI is InChI=1S/C12H10ClN3O/c13-11-5-9(6-14)1-2-10(11)7-16-4-3-15-12(16)8-17/h1-5,17H,7-8H2. The largest absolute Gasteiger partial charge is 0.388 e. The smallest absolute Gasteiger partial charge is 0.134 e. The summed E-state index contributed by atoms with van der Waals surface area (Å²) in [5.41, 5.74) is 1.42. The molecule has 0 saturated heterocycles. The molecule has 0 aliphatic carbocycles. The molecule has 1 aromatic carbocycles. The summed E-state index contributed by atoms with van der Waals surface area (Å²) in [5.74, 6) is 0.588. The van der Waals surface area contributed by atoms with Crippen molar-refractivity contribution in [2.24, 2.45) is 0 Å². The minimum atomic E-state index is -0.110. The molecule has 0 atom stereocenters. The van der Waals surface area contributed by atoms with E-state index in [0.717, 1.165) is 5.56 Å². The van der Waals surface area contributed by atoms with Gasteiger partial charge in [0, 0.05) is 17.4 Å². The van der Waals surface area contributed by atoms with Gasteiger partial charge >= 0.3 is 0 Å². The lowest BCUT2D eigenvalue weighted by Gasteiger charge is -2.08. The van der Waals surface area contributed by atoms with Gasteiger partial charge in [0.05, 0.1) is 18.2 Å². The van der Waals surface area contributed by atoms with Gasteiger partial charge in [-0.1, -0.05) is 17.7 Å². The molecule has 0 aliphatic heterocycles. The number of rotatable bonds is 3. The summed E-state index contributed by atoms with van der Waals surface area (Å²) in [4.78, 5) is 4.01. The zero-order chi connectivity index (χ0) is 12.3. The van der Waals surface area contributed by atoms with Crippen LogP contribution in [0.2, 0.25) is 5.02 Å². The fourth-order valence-corrected chi connectivity index (χ4v) is 1.80. The summed E-state index contributed by atoms with van der Waals surface area (Å²) < 4.78 is 1.81. The molecule has 0 amide bonds. The molecule has 17 heavy (non-hydrogen) atoms. The van der Waals surface area contributed by atoms with Crippen molar-refractivity contribution in [1.82, 2.24) is 9.55 Å². The lowest BCUT2D eigenvalue weighted by Crippen LogP contribution is -2.04. The first-order valence-corrected chi connectivity index (χ1v) is 5.42. The third-order valence-corrected chi connectivity index (χ3v) is 2.82. The number of nitrogens with zero attached hydrogens (tertiary/aromatic N) is 3. The summed E-state index contributed by atoms with van der Waals surface area (Å²) in [6.45, 7) is 0.418. The number of aliphatic hydroxyl groups excluding tert-OH is 1. The van der Waals surface area contributed by atoms with Gasteiger partial charge in [-0.3, -0.25) is 0 Å². The first kappa shape index (κ1) is 11.6. The number of imidazole rings is 1. The molecule has 0 aliphatic rings. The average molecular weight is 248 g/mol. The third kappa shape index (κ3) is 2.47. The second kappa shape index (κ2) is 5.00. The van der Waals surface area contributed by atoms with E-state index in [9.17, 15) is 0 Å². The fraction of sp³-hybridized carbons (Fsp3) is 0.167. The molecule has 2 aromatic rings. The van der Waals surface area contributed by atoms with E-state index in [1.165, 1.54) is 0 Å². The normalized spacial score (nSPS) is 10.2. The molecule has 86 valence electrons. The van der Waals surface area contributed by atoms with Crippen LogP contribution in [0.25, 0.3) is 0 Å². The highest BCUT2D eigenvalue weighted by atomic mass is 35.5. The second-order valence-corrected chi connectivity index (χ2v) is 3.95. The summed E-state index contributed by atoms with van der Waals surface area (Å²) in [5, 5.41) is 18.4. The van der Waals surface area contributed by atoms with Gasteiger partial charge in [-0.25, -0.2) is 4.98 Å². The SMILES string of the molecule is N#Cc1ccc(Cn2ccnc2CO)c(Cl)c1. The minimum Gasteiger partial charge on any atom is -0.388 e. The van der Waals surface area contributed by atoms with Crippen molar-refractivity contribution in [2.75, 3.05) is 0 Å². The molecule has 1 N–H and O–H groups in total. The first-order valence-electron chi connectivity index (χ1n) is 5.04. The Kier molecular flexibility index (Phi) is 3.43. The van der Waals surface area contributed by atoms with Gasteiger partial charge in [0.1, 0.15) is 12.4 Å². The maximum Gasteiger partial charge on any atom is 0.134 e. The van der Waals surface area contributed by atoms with Crippen LogP contribution in [0.3, 0.4) is 0 Å². The van der Waals surface area contributed by atoms with Crippen molar-refractivity contribution in [3.63, 3.8) is 0 Å². The Labute approximate surface area is 104 Å². The van der Waals surface area contributed by atoms with Gasteiger partial charge in [0.15, 0.2) is 0 Å². The van der Waals surface area contributed by atoms with E-state index < -0.39 is 0 Å². The summed E-state index contributed by atoms with van der Waals surface area (Å²) >= 11 is 6.07. The van der Waals surface area contributed by atoms with Gasteiger partial charge in [-0.2, -0.15) is 5.26 Å². The Morgan fingerprint density at radius 1 is 1.47 bits per heavy atom. The van der Waals surface area contributed by atoms with Gasteiger partial charge in [-0.15, -0.1) is 0 Å². The summed E-state index contributed by atoms with van der Waals surface area (Å²) in [7, 11) is 0. The van der Waals surface area contributed by atoms with E-state index in [2.05, 4.69) is 4.98 Å². The van der Waals surface area contributed by atoms with E-state index in [0.29, 0.717) is 23.0 Å². The fourth-order valence-electron chi connectivity index (χ4n) is 1.56. The van der Waals surface area contributed by atoms with Crippen LogP contribution in [-0.2, 0) is 13.2 Å². The number of hydrogen-bond donors (Lipinski definition) is 1. The molecular formula is C12H10ClN3O. The zero-order valence-electron chi connectivity index (χ0n) is 8.97. The Bertz CT molecular complexity index is 571. The van der Waals surface area contributed by atoms with Gasteiger partial charge < -0.3 is 9.67 Å². The van der Waals surface area contributed by atoms with Crippen LogP contribution in [0.1, 0.15) is 17.0 Å². The lowest BCUT2D eigenvalue weighted by atomic mass is 10.1. The Balaban J connectivity index is 2.28. The van der Waals surface area contributed by atoms with E-state index in [1.807, 2.05) is 16.7 Å². The number of aromatic nitrogens is 2. The molecule has 0 bridgehead atoms. The molecule has 5 heteroatoms. The Morgan fingerprint density at radius 3 is 2.94 bits per heavy atom. The Hall–Kier alpha value is -1.83. The van der Waals surface area contributed by atoms with Crippen LogP contribution < -0.4 is 0 Å². The molecule has 0 unspecified atom stereocenters. The molecule has 0 fully saturated rings.